The van der Waals surface area contributed by atoms with Gasteiger partial charge in [-0.2, -0.15) is 18.3 Å². The van der Waals surface area contributed by atoms with Crippen LogP contribution >= 0.6 is 15.9 Å². The van der Waals surface area contributed by atoms with E-state index in [1.807, 2.05) is 0 Å². The number of nitrogens with one attached hydrogen (secondary N) is 1. The molecule has 0 fully saturated rings. The maximum absolute atomic E-state index is 12.7. The van der Waals surface area contributed by atoms with Crippen LogP contribution in [0.25, 0.3) is 0 Å². The number of alkyl halides is 3. The van der Waals surface area contributed by atoms with E-state index >= 15 is 0 Å². The van der Waals surface area contributed by atoms with Gasteiger partial charge in [-0.3, -0.25) is 9.48 Å². The van der Waals surface area contributed by atoms with Crippen molar-refractivity contribution in [2.45, 2.75) is 6.18 Å². The van der Waals surface area contributed by atoms with Crippen molar-refractivity contribution in [2.24, 2.45) is 7.05 Å². The molecule has 0 saturated heterocycles. The SMILES string of the molecule is Cn1nc(C(F)(F)F)c(Br)c1C(=O)Nc1ccccc1. The largest absolute Gasteiger partial charge is 0.436 e. The summed E-state index contributed by atoms with van der Waals surface area (Å²) in [6.07, 6.45) is -4.62. The van der Waals surface area contributed by atoms with E-state index in [9.17, 15) is 18.0 Å². The van der Waals surface area contributed by atoms with E-state index in [0.717, 1.165) is 4.68 Å². The first-order chi connectivity index (χ1) is 9.30. The van der Waals surface area contributed by atoms with Crippen molar-refractivity contribution in [3.05, 3.63) is 46.2 Å². The molecule has 1 aromatic heterocycles. The molecule has 1 N–H and O–H groups in total. The number of rotatable bonds is 2. The molecule has 0 saturated carbocycles. The van der Waals surface area contributed by atoms with Gasteiger partial charge in [-0.1, -0.05) is 18.2 Å². The second kappa shape index (κ2) is 5.28. The third-order valence-corrected chi connectivity index (χ3v) is 3.26. The molecule has 0 unspecified atom stereocenters. The fraction of sp³-hybridized carbons (Fsp3) is 0.167. The second-order valence-corrected chi connectivity index (χ2v) is 4.75. The van der Waals surface area contributed by atoms with E-state index < -0.39 is 17.8 Å². The molecule has 4 nitrogen and oxygen atoms in total. The molecule has 1 heterocycles. The molecule has 1 aromatic carbocycles. The van der Waals surface area contributed by atoms with E-state index in [0.29, 0.717) is 5.69 Å². The summed E-state index contributed by atoms with van der Waals surface area (Å²) in [6, 6.07) is 8.43. The number of hydrogen-bond acceptors (Lipinski definition) is 2. The van der Waals surface area contributed by atoms with Gasteiger partial charge in [0.15, 0.2) is 5.69 Å². The Kier molecular flexibility index (Phi) is 3.85. The first-order valence-corrected chi connectivity index (χ1v) is 6.26. The van der Waals surface area contributed by atoms with Crippen LogP contribution in [0.15, 0.2) is 34.8 Å². The minimum absolute atomic E-state index is 0.193. The van der Waals surface area contributed by atoms with Crippen molar-refractivity contribution in [3.8, 4) is 0 Å². The molecule has 106 valence electrons. The zero-order chi connectivity index (χ0) is 14.9. The average Bonchev–Trinajstić information content (AvgIpc) is 2.66. The molecule has 0 spiro atoms. The minimum atomic E-state index is -4.62. The van der Waals surface area contributed by atoms with Crippen LogP contribution in [0.3, 0.4) is 0 Å². The van der Waals surface area contributed by atoms with Gasteiger partial charge in [-0.05, 0) is 28.1 Å². The monoisotopic (exact) mass is 347 g/mol. The van der Waals surface area contributed by atoms with Crippen molar-refractivity contribution in [2.75, 3.05) is 5.32 Å². The van der Waals surface area contributed by atoms with Crippen LogP contribution in [0, 0.1) is 0 Å². The smallest absolute Gasteiger partial charge is 0.321 e. The van der Waals surface area contributed by atoms with E-state index in [-0.39, 0.29) is 10.2 Å². The lowest BCUT2D eigenvalue weighted by molar-refractivity contribution is -0.142. The lowest BCUT2D eigenvalue weighted by atomic mass is 10.3. The molecule has 0 radical (unpaired) electrons. The highest BCUT2D eigenvalue weighted by Crippen LogP contribution is 2.35. The summed E-state index contributed by atoms with van der Waals surface area (Å²) in [6.45, 7) is 0. The minimum Gasteiger partial charge on any atom is -0.321 e. The molecular weight excluding hydrogens is 339 g/mol. The van der Waals surface area contributed by atoms with Crippen LogP contribution in [-0.2, 0) is 13.2 Å². The van der Waals surface area contributed by atoms with Gasteiger partial charge in [-0.25, -0.2) is 0 Å². The normalized spacial score (nSPS) is 11.4. The number of hydrogen-bond donors (Lipinski definition) is 1. The Labute approximate surface area is 120 Å². The first-order valence-electron chi connectivity index (χ1n) is 5.47. The summed E-state index contributed by atoms with van der Waals surface area (Å²) < 4.78 is 38.6. The van der Waals surface area contributed by atoms with E-state index in [1.165, 1.54) is 7.05 Å². The predicted octanol–water partition coefficient (Wildman–Crippen LogP) is 3.45. The second-order valence-electron chi connectivity index (χ2n) is 3.95. The Hall–Kier alpha value is -1.83. The zero-order valence-corrected chi connectivity index (χ0v) is 11.8. The van der Waals surface area contributed by atoms with Crippen LogP contribution in [0.2, 0.25) is 0 Å². The van der Waals surface area contributed by atoms with Crippen molar-refractivity contribution < 1.29 is 18.0 Å². The Balaban J connectivity index is 2.34. The fourth-order valence-electron chi connectivity index (χ4n) is 1.64. The summed E-state index contributed by atoms with van der Waals surface area (Å²) in [7, 11) is 1.28. The van der Waals surface area contributed by atoms with Gasteiger partial charge in [0.05, 0.1) is 4.47 Å². The molecule has 2 aromatic rings. The van der Waals surface area contributed by atoms with Gasteiger partial charge in [0.2, 0.25) is 0 Å². The van der Waals surface area contributed by atoms with E-state index in [2.05, 4.69) is 26.3 Å². The number of halogens is 4. The maximum atomic E-state index is 12.7. The molecule has 0 bridgehead atoms. The number of aromatic nitrogens is 2. The van der Waals surface area contributed by atoms with Gasteiger partial charge in [0, 0.05) is 12.7 Å². The zero-order valence-electron chi connectivity index (χ0n) is 10.2. The lowest BCUT2D eigenvalue weighted by Gasteiger charge is -2.05. The number of anilines is 1. The molecule has 8 heteroatoms. The number of para-hydroxylation sites is 1. The Morgan fingerprint density at radius 3 is 2.40 bits per heavy atom. The molecule has 20 heavy (non-hydrogen) atoms. The molecule has 0 aliphatic heterocycles. The molecule has 2 rings (SSSR count). The van der Waals surface area contributed by atoms with Gasteiger partial charge in [-0.15, -0.1) is 0 Å². The molecule has 0 atom stereocenters. The number of amides is 1. The van der Waals surface area contributed by atoms with Crippen molar-refractivity contribution in [1.29, 1.82) is 0 Å². The number of benzene rings is 1. The number of aryl methyl sites for hydroxylation is 1. The molecule has 0 aliphatic carbocycles. The first kappa shape index (κ1) is 14.6. The average molecular weight is 348 g/mol. The lowest BCUT2D eigenvalue weighted by Crippen LogP contribution is -2.16. The quantitative estimate of drug-likeness (QED) is 0.904. The highest BCUT2D eigenvalue weighted by molar-refractivity contribution is 9.10. The highest BCUT2D eigenvalue weighted by Gasteiger charge is 2.39. The molecular formula is C12H9BrF3N3O. The summed E-state index contributed by atoms with van der Waals surface area (Å²) in [5, 5.41) is 5.84. The Morgan fingerprint density at radius 1 is 1.30 bits per heavy atom. The van der Waals surface area contributed by atoms with Crippen LogP contribution in [0.1, 0.15) is 16.2 Å². The van der Waals surface area contributed by atoms with Crippen molar-refractivity contribution >= 4 is 27.5 Å². The van der Waals surface area contributed by atoms with Crippen LogP contribution in [0.5, 0.6) is 0 Å². The van der Waals surface area contributed by atoms with Gasteiger partial charge in [0.25, 0.3) is 5.91 Å². The summed E-state index contributed by atoms with van der Waals surface area (Å²) in [4.78, 5) is 12.0. The van der Waals surface area contributed by atoms with Crippen molar-refractivity contribution in [1.82, 2.24) is 9.78 Å². The molecule has 1 amide bonds. The number of carbonyl (C=O) groups is 1. The number of carbonyl (C=O) groups excluding carboxylic acids is 1. The highest BCUT2D eigenvalue weighted by atomic mass is 79.9. The maximum Gasteiger partial charge on any atom is 0.436 e. The van der Waals surface area contributed by atoms with Crippen molar-refractivity contribution in [3.63, 3.8) is 0 Å². The van der Waals surface area contributed by atoms with Crippen LogP contribution in [-0.4, -0.2) is 15.7 Å². The summed E-state index contributed by atoms with van der Waals surface area (Å²) in [5.41, 5.74) is -0.835. The van der Waals surface area contributed by atoms with E-state index in [1.54, 1.807) is 30.3 Å². The topological polar surface area (TPSA) is 46.9 Å². The number of nitrogens with zero attached hydrogens (tertiary/aromatic N) is 2. The predicted molar refractivity (Wildman–Crippen MR) is 70.3 cm³/mol. The fourth-order valence-corrected chi connectivity index (χ4v) is 2.38. The third-order valence-electron chi connectivity index (χ3n) is 2.50. The van der Waals surface area contributed by atoms with Gasteiger partial charge in [0.1, 0.15) is 5.69 Å². The van der Waals surface area contributed by atoms with Gasteiger partial charge >= 0.3 is 6.18 Å². The van der Waals surface area contributed by atoms with Crippen LogP contribution in [0.4, 0.5) is 18.9 Å². The Bertz CT molecular complexity index is 637. The summed E-state index contributed by atoms with van der Waals surface area (Å²) in [5.74, 6) is -0.673. The Morgan fingerprint density at radius 2 is 1.90 bits per heavy atom. The van der Waals surface area contributed by atoms with E-state index in [4.69, 9.17) is 0 Å². The van der Waals surface area contributed by atoms with Gasteiger partial charge < -0.3 is 5.32 Å². The molecule has 0 aliphatic rings. The third kappa shape index (κ3) is 2.84. The standard InChI is InChI=1S/C12H9BrF3N3O/c1-19-9(8(13)10(18-19)12(14,15)16)11(20)17-7-5-3-2-4-6-7/h2-6H,1H3,(H,17,20). The summed E-state index contributed by atoms with van der Waals surface area (Å²) >= 11 is 2.79. The van der Waals surface area contributed by atoms with Crippen LogP contribution < -0.4 is 5.32 Å².